The van der Waals surface area contributed by atoms with Crippen molar-refractivity contribution < 1.29 is 15.0 Å². The van der Waals surface area contributed by atoms with E-state index in [4.69, 9.17) is 5.11 Å². The number of aliphatic hydroxyl groups is 1. The molecule has 0 saturated carbocycles. The zero-order valence-corrected chi connectivity index (χ0v) is 11.0. The molecule has 1 saturated heterocycles. The second-order valence-electron chi connectivity index (χ2n) is 4.79. The number of amides is 1. The molecule has 19 heavy (non-hydrogen) atoms. The summed E-state index contributed by atoms with van der Waals surface area (Å²) in [7, 11) is 0. The van der Waals surface area contributed by atoms with Crippen LogP contribution in [0.15, 0.2) is 24.3 Å². The molecule has 104 valence electrons. The van der Waals surface area contributed by atoms with Crippen LogP contribution in [0.25, 0.3) is 0 Å². The van der Waals surface area contributed by atoms with Crippen LogP contribution in [0, 0.1) is 0 Å². The van der Waals surface area contributed by atoms with Gasteiger partial charge in [0.1, 0.15) is 5.75 Å². The number of carbonyl (C=O) groups excluding carboxylic acids is 1. The van der Waals surface area contributed by atoms with E-state index in [1.54, 1.807) is 18.2 Å². The Bertz CT molecular complexity index is 428. The standard InChI is InChI=1S/C14H20N2O3/c17-9-8-15-4-6-16(7-5-15)14(19)11-12-2-1-3-13(18)10-12/h1-3,10,17-18H,4-9,11H2. The molecule has 2 N–H and O–H groups in total. The van der Waals surface area contributed by atoms with Gasteiger partial charge in [0, 0.05) is 32.7 Å². The van der Waals surface area contributed by atoms with Crippen molar-refractivity contribution in [3.8, 4) is 5.75 Å². The third kappa shape index (κ3) is 3.94. The predicted octanol–water partition coefficient (Wildman–Crippen LogP) is 0.0712. The Labute approximate surface area is 113 Å². The summed E-state index contributed by atoms with van der Waals surface area (Å²) in [6.07, 6.45) is 0.328. The maximum atomic E-state index is 12.1. The van der Waals surface area contributed by atoms with Crippen molar-refractivity contribution in [2.45, 2.75) is 6.42 Å². The van der Waals surface area contributed by atoms with Crippen LogP contribution in [-0.2, 0) is 11.2 Å². The number of piperazine rings is 1. The quantitative estimate of drug-likeness (QED) is 0.808. The summed E-state index contributed by atoms with van der Waals surface area (Å²) < 4.78 is 0. The number of benzene rings is 1. The van der Waals surface area contributed by atoms with Crippen LogP contribution < -0.4 is 0 Å². The number of phenolic OH excluding ortho intramolecular Hbond substituents is 1. The lowest BCUT2D eigenvalue weighted by atomic mass is 10.1. The van der Waals surface area contributed by atoms with Crippen molar-refractivity contribution in [1.29, 1.82) is 0 Å². The Morgan fingerprint density at radius 2 is 1.95 bits per heavy atom. The van der Waals surface area contributed by atoms with Gasteiger partial charge in [0.15, 0.2) is 0 Å². The number of carbonyl (C=O) groups is 1. The summed E-state index contributed by atoms with van der Waals surface area (Å²) in [5.41, 5.74) is 0.836. The van der Waals surface area contributed by atoms with E-state index < -0.39 is 0 Å². The first kappa shape index (κ1) is 13.8. The van der Waals surface area contributed by atoms with Gasteiger partial charge in [-0.2, -0.15) is 0 Å². The molecule has 5 heteroatoms. The van der Waals surface area contributed by atoms with Crippen molar-refractivity contribution in [3.63, 3.8) is 0 Å². The summed E-state index contributed by atoms with van der Waals surface area (Å²) in [4.78, 5) is 16.1. The summed E-state index contributed by atoms with van der Waals surface area (Å²) in [6.45, 7) is 3.87. The van der Waals surface area contributed by atoms with Gasteiger partial charge in [-0.15, -0.1) is 0 Å². The second-order valence-corrected chi connectivity index (χ2v) is 4.79. The van der Waals surface area contributed by atoms with E-state index in [1.165, 1.54) is 0 Å². The Morgan fingerprint density at radius 1 is 1.21 bits per heavy atom. The van der Waals surface area contributed by atoms with E-state index >= 15 is 0 Å². The monoisotopic (exact) mass is 264 g/mol. The maximum Gasteiger partial charge on any atom is 0.227 e. The van der Waals surface area contributed by atoms with E-state index in [2.05, 4.69) is 4.90 Å². The Morgan fingerprint density at radius 3 is 2.58 bits per heavy atom. The number of rotatable bonds is 4. The van der Waals surface area contributed by atoms with Gasteiger partial charge < -0.3 is 15.1 Å². The number of phenols is 1. The first-order valence-electron chi connectivity index (χ1n) is 6.58. The SMILES string of the molecule is O=C(Cc1cccc(O)c1)N1CCN(CCO)CC1. The summed E-state index contributed by atoms with van der Waals surface area (Å²) in [5.74, 6) is 0.285. The van der Waals surface area contributed by atoms with E-state index in [9.17, 15) is 9.90 Å². The fourth-order valence-electron chi connectivity index (χ4n) is 2.32. The average Bonchev–Trinajstić information content (AvgIpc) is 2.40. The normalized spacial score (nSPS) is 16.6. The van der Waals surface area contributed by atoms with E-state index in [-0.39, 0.29) is 18.3 Å². The molecule has 0 spiro atoms. The molecule has 0 unspecified atom stereocenters. The van der Waals surface area contributed by atoms with Gasteiger partial charge in [0.25, 0.3) is 0 Å². The van der Waals surface area contributed by atoms with Crippen molar-refractivity contribution in [1.82, 2.24) is 9.80 Å². The molecule has 1 aliphatic rings. The first-order chi connectivity index (χ1) is 9.19. The molecule has 5 nitrogen and oxygen atoms in total. The lowest BCUT2D eigenvalue weighted by molar-refractivity contribution is -0.132. The molecule has 1 aromatic carbocycles. The summed E-state index contributed by atoms with van der Waals surface area (Å²) in [6, 6.07) is 6.82. The van der Waals surface area contributed by atoms with Crippen molar-refractivity contribution in [3.05, 3.63) is 29.8 Å². The highest BCUT2D eigenvalue weighted by molar-refractivity contribution is 5.79. The van der Waals surface area contributed by atoms with E-state index in [0.717, 1.165) is 18.7 Å². The smallest absolute Gasteiger partial charge is 0.227 e. The predicted molar refractivity (Wildman–Crippen MR) is 71.9 cm³/mol. The lowest BCUT2D eigenvalue weighted by Crippen LogP contribution is -2.49. The molecular formula is C14H20N2O3. The fourth-order valence-corrected chi connectivity index (χ4v) is 2.32. The highest BCUT2D eigenvalue weighted by Crippen LogP contribution is 2.13. The van der Waals surface area contributed by atoms with E-state index in [1.807, 2.05) is 11.0 Å². The van der Waals surface area contributed by atoms with Gasteiger partial charge in [0.05, 0.1) is 13.0 Å². The molecule has 1 amide bonds. The highest BCUT2D eigenvalue weighted by Gasteiger charge is 2.20. The molecule has 1 aliphatic heterocycles. The van der Waals surface area contributed by atoms with Gasteiger partial charge in [-0.25, -0.2) is 0 Å². The van der Waals surface area contributed by atoms with Gasteiger partial charge >= 0.3 is 0 Å². The van der Waals surface area contributed by atoms with Gasteiger partial charge in [0.2, 0.25) is 5.91 Å². The number of aromatic hydroxyl groups is 1. The van der Waals surface area contributed by atoms with E-state index in [0.29, 0.717) is 26.1 Å². The maximum absolute atomic E-state index is 12.1. The number of aliphatic hydroxyl groups excluding tert-OH is 1. The number of hydrogen-bond donors (Lipinski definition) is 2. The lowest BCUT2D eigenvalue weighted by Gasteiger charge is -2.34. The van der Waals surface area contributed by atoms with Crippen molar-refractivity contribution in [2.24, 2.45) is 0 Å². The number of hydrogen-bond acceptors (Lipinski definition) is 4. The zero-order chi connectivity index (χ0) is 13.7. The van der Waals surface area contributed by atoms with Crippen LogP contribution in [0.5, 0.6) is 5.75 Å². The van der Waals surface area contributed by atoms with Crippen molar-refractivity contribution >= 4 is 5.91 Å². The molecule has 0 bridgehead atoms. The Kier molecular flexibility index (Phi) is 4.76. The third-order valence-electron chi connectivity index (χ3n) is 3.41. The molecule has 0 atom stereocenters. The molecule has 0 aliphatic carbocycles. The summed E-state index contributed by atoms with van der Waals surface area (Å²) in [5, 5.41) is 18.2. The molecular weight excluding hydrogens is 244 g/mol. The Hall–Kier alpha value is -1.59. The number of β-amino-alcohol motifs (C(OH)–C–C–N with tert-alkyl or cyclic N) is 1. The summed E-state index contributed by atoms with van der Waals surface area (Å²) >= 11 is 0. The molecule has 1 heterocycles. The minimum Gasteiger partial charge on any atom is -0.508 e. The topological polar surface area (TPSA) is 64.0 Å². The highest BCUT2D eigenvalue weighted by atomic mass is 16.3. The molecule has 1 fully saturated rings. The van der Waals surface area contributed by atoms with Crippen LogP contribution in [-0.4, -0.2) is 65.3 Å². The molecule has 0 aromatic heterocycles. The molecule has 0 radical (unpaired) electrons. The average molecular weight is 264 g/mol. The zero-order valence-electron chi connectivity index (χ0n) is 11.0. The second kappa shape index (κ2) is 6.54. The van der Waals surface area contributed by atoms with Crippen LogP contribution in [0.3, 0.4) is 0 Å². The van der Waals surface area contributed by atoms with Crippen LogP contribution >= 0.6 is 0 Å². The van der Waals surface area contributed by atoms with Gasteiger partial charge in [-0.3, -0.25) is 9.69 Å². The van der Waals surface area contributed by atoms with Gasteiger partial charge in [-0.1, -0.05) is 12.1 Å². The van der Waals surface area contributed by atoms with Crippen LogP contribution in [0.1, 0.15) is 5.56 Å². The third-order valence-corrected chi connectivity index (χ3v) is 3.41. The molecule has 2 rings (SSSR count). The molecule has 1 aromatic rings. The minimum absolute atomic E-state index is 0.0919. The number of nitrogens with zero attached hydrogens (tertiary/aromatic N) is 2. The minimum atomic E-state index is 0.0919. The Balaban J connectivity index is 1.84. The van der Waals surface area contributed by atoms with Gasteiger partial charge in [-0.05, 0) is 17.7 Å². The van der Waals surface area contributed by atoms with Crippen LogP contribution in [0.4, 0.5) is 0 Å². The largest absolute Gasteiger partial charge is 0.508 e. The fraction of sp³-hybridized carbons (Fsp3) is 0.500. The van der Waals surface area contributed by atoms with Crippen molar-refractivity contribution in [2.75, 3.05) is 39.3 Å². The van der Waals surface area contributed by atoms with Crippen LogP contribution in [0.2, 0.25) is 0 Å². The first-order valence-corrected chi connectivity index (χ1v) is 6.58.